The first-order valence-electron chi connectivity index (χ1n) is 12.4. The Hall–Kier alpha value is -4.10. The van der Waals surface area contributed by atoms with Crippen LogP contribution in [0.15, 0.2) is 85.3 Å². The first-order chi connectivity index (χ1) is 17.8. The lowest BCUT2D eigenvalue weighted by atomic mass is 10.0. The summed E-state index contributed by atoms with van der Waals surface area (Å²) in [6, 6.07) is 23.8. The number of amides is 1. The Bertz CT molecular complexity index is 1360. The van der Waals surface area contributed by atoms with Gasteiger partial charge in [-0.05, 0) is 48.2 Å². The molecule has 0 aliphatic rings. The van der Waals surface area contributed by atoms with Crippen molar-refractivity contribution < 1.29 is 4.79 Å². The maximum absolute atomic E-state index is 13.1. The molecular weight excluding hydrogens is 496 g/mol. The van der Waals surface area contributed by atoms with Crippen LogP contribution in [-0.2, 0) is 17.9 Å². The van der Waals surface area contributed by atoms with Crippen LogP contribution < -0.4 is 16.0 Å². The molecule has 0 aliphatic heterocycles. The number of nitrogens with one attached hydrogen (secondary N) is 2. The molecule has 1 heterocycles. The molecule has 0 spiro atoms. The van der Waals surface area contributed by atoms with Crippen LogP contribution in [0, 0.1) is 12.3 Å². The predicted molar refractivity (Wildman–Crippen MR) is 157 cm³/mol. The molecular formula is C30H35ClN6O. The van der Waals surface area contributed by atoms with E-state index in [0.29, 0.717) is 18.0 Å². The number of anilines is 2. The van der Waals surface area contributed by atoms with E-state index in [9.17, 15) is 4.79 Å². The molecule has 0 saturated carbocycles. The summed E-state index contributed by atoms with van der Waals surface area (Å²) in [5.74, 6) is 0.281. The van der Waals surface area contributed by atoms with E-state index in [1.807, 2.05) is 64.5 Å². The first kappa shape index (κ1) is 28.5. The van der Waals surface area contributed by atoms with Gasteiger partial charge in [0.2, 0.25) is 5.91 Å². The quantitative estimate of drug-likeness (QED) is 0.180. The summed E-state index contributed by atoms with van der Waals surface area (Å²) in [4.78, 5) is 19.6. The molecule has 0 radical (unpaired) electrons. The number of imidazole rings is 1. The lowest BCUT2D eigenvalue weighted by Gasteiger charge is -2.24. The average Bonchev–Trinajstić information content (AvgIpc) is 3.32. The molecule has 0 saturated heterocycles. The van der Waals surface area contributed by atoms with Gasteiger partial charge in [-0.2, -0.15) is 0 Å². The number of hydrogen-bond acceptors (Lipinski definition) is 4. The minimum atomic E-state index is -0.135. The number of nitrogen functional groups attached to an aromatic ring is 1. The van der Waals surface area contributed by atoms with Crippen LogP contribution in [0.2, 0.25) is 0 Å². The van der Waals surface area contributed by atoms with Crippen molar-refractivity contribution in [1.82, 2.24) is 9.55 Å². The second kappa shape index (κ2) is 12.9. The van der Waals surface area contributed by atoms with E-state index in [2.05, 4.69) is 55.3 Å². The van der Waals surface area contributed by atoms with Gasteiger partial charge in [-0.25, -0.2) is 4.98 Å². The standard InChI is InChI=1S/C30H34N6O.ClH/c1-21(2)24-11-13-26(14-12-24)34-29(37)19-36(28-6-4-5-25(15-28)30(31)32)18-27-17-35(20-33-27)16-23-9-7-22(3)8-10-23;/h4-15,17,20-21H,16,18-19H2,1-3H3,(H3,31,32)(H,34,37);1H. The zero-order valence-electron chi connectivity index (χ0n) is 22.0. The smallest absolute Gasteiger partial charge is 0.243 e. The van der Waals surface area contributed by atoms with Gasteiger partial charge in [0.15, 0.2) is 0 Å². The Kier molecular flexibility index (Phi) is 9.68. The van der Waals surface area contributed by atoms with E-state index in [4.69, 9.17) is 11.1 Å². The summed E-state index contributed by atoms with van der Waals surface area (Å²) in [5, 5.41) is 10.8. The number of carbonyl (C=O) groups is 1. The third-order valence-corrected chi connectivity index (χ3v) is 6.24. The molecule has 4 rings (SSSR count). The van der Waals surface area contributed by atoms with Gasteiger partial charge >= 0.3 is 0 Å². The largest absolute Gasteiger partial charge is 0.384 e. The van der Waals surface area contributed by atoms with Crippen LogP contribution >= 0.6 is 12.4 Å². The summed E-state index contributed by atoms with van der Waals surface area (Å²) < 4.78 is 2.04. The third-order valence-electron chi connectivity index (χ3n) is 6.24. The van der Waals surface area contributed by atoms with Crippen molar-refractivity contribution in [2.75, 3.05) is 16.8 Å². The first-order valence-corrected chi connectivity index (χ1v) is 12.4. The number of amidine groups is 1. The van der Waals surface area contributed by atoms with Crippen LogP contribution in [-0.4, -0.2) is 27.8 Å². The molecule has 1 aromatic heterocycles. The Labute approximate surface area is 230 Å². The molecule has 0 fully saturated rings. The van der Waals surface area contributed by atoms with Gasteiger partial charge in [0.05, 0.1) is 25.1 Å². The second-order valence-electron chi connectivity index (χ2n) is 9.67. The van der Waals surface area contributed by atoms with Crippen molar-refractivity contribution in [2.24, 2.45) is 5.73 Å². The molecule has 7 nitrogen and oxygen atoms in total. The SMILES string of the molecule is Cc1ccc(Cn2cnc(CN(CC(=O)Nc3ccc(C(C)C)cc3)c3cccc(C(=N)N)c3)c2)cc1.Cl. The van der Waals surface area contributed by atoms with E-state index >= 15 is 0 Å². The van der Waals surface area contributed by atoms with Crippen molar-refractivity contribution in [3.63, 3.8) is 0 Å². The minimum Gasteiger partial charge on any atom is -0.384 e. The second-order valence-corrected chi connectivity index (χ2v) is 9.67. The summed E-state index contributed by atoms with van der Waals surface area (Å²) in [6.45, 7) is 7.64. The summed E-state index contributed by atoms with van der Waals surface area (Å²) in [5.41, 5.74) is 12.4. The Morgan fingerprint density at radius 2 is 1.79 bits per heavy atom. The molecule has 0 unspecified atom stereocenters. The molecule has 198 valence electrons. The van der Waals surface area contributed by atoms with E-state index < -0.39 is 0 Å². The number of nitrogens with zero attached hydrogens (tertiary/aromatic N) is 3. The van der Waals surface area contributed by atoms with Gasteiger partial charge in [0, 0.05) is 29.7 Å². The number of rotatable bonds is 10. The number of carbonyl (C=O) groups excluding carboxylic acids is 1. The third kappa shape index (κ3) is 7.70. The number of nitrogens with two attached hydrogens (primary N) is 1. The van der Waals surface area contributed by atoms with Crippen molar-refractivity contribution in [3.8, 4) is 0 Å². The number of aryl methyl sites for hydroxylation is 1. The van der Waals surface area contributed by atoms with Crippen LogP contribution in [0.25, 0.3) is 0 Å². The maximum atomic E-state index is 13.1. The highest BCUT2D eigenvalue weighted by Crippen LogP contribution is 2.20. The monoisotopic (exact) mass is 530 g/mol. The van der Waals surface area contributed by atoms with Crippen LogP contribution in [0.3, 0.4) is 0 Å². The van der Waals surface area contributed by atoms with Gasteiger partial charge in [-0.15, -0.1) is 12.4 Å². The van der Waals surface area contributed by atoms with Gasteiger partial charge in [-0.1, -0.05) is 67.9 Å². The normalized spacial score (nSPS) is 10.6. The summed E-state index contributed by atoms with van der Waals surface area (Å²) >= 11 is 0. The molecule has 4 N–H and O–H groups in total. The lowest BCUT2D eigenvalue weighted by Crippen LogP contribution is -2.33. The topological polar surface area (TPSA) is 100 Å². The van der Waals surface area contributed by atoms with E-state index in [1.165, 1.54) is 16.7 Å². The Morgan fingerprint density at radius 3 is 2.45 bits per heavy atom. The van der Waals surface area contributed by atoms with E-state index in [1.54, 1.807) is 6.07 Å². The average molecular weight is 531 g/mol. The molecule has 0 bridgehead atoms. The fourth-order valence-corrected chi connectivity index (χ4v) is 4.11. The van der Waals surface area contributed by atoms with E-state index in [0.717, 1.165) is 23.6 Å². The summed E-state index contributed by atoms with van der Waals surface area (Å²) in [7, 11) is 0. The fourth-order valence-electron chi connectivity index (χ4n) is 4.11. The van der Waals surface area contributed by atoms with Crippen LogP contribution in [0.1, 0.15) is 47.7 Å². The molecule has 8 heteroatoms. The highest BCUT2D eigenvalue weighted by molar-refractivity contribution is 5.97. The number of aromatic nitrogens is 2. The number of halogens is 1. The lowest BCUT2D eigenvalue weighted by molar-refractivity contribution is -0.115. The zero-order chi connectivity index (χ0) is 26.4. The Balaban J connectivity index is 0.00000400. The molecule has 1 amide bonds. The van der Waals surface area contributed by atoms with Gasteiger partial charge in [-0.3, -0.25) is 10.2 Å². The van der Waals surface area contributed by atoms with Crippen molar-refractivity contribution in [3.05, 3.63) is 113 Å². The number of benzene rings is 3. The van der Waals surface area contributed by atoms with Gasteiger partial charge < -0.3 is 20.5 Å². The van der Waals surface area contributed by atoms with Crippen LogP contribution in [0.4, 0.5) is 11.4 Å². The molecule has 0 aliphatic carbocycles. The Morgan fingerprint density at radius 1 is 1.08 bits per heavy atom. The molecule has 0 atom stereocenters. The zero-order valence-corrected chi connectivity index (χ0v) is 22.8. The van der Waals surface area contributed by atoms with Crippen molar-refractivity contribution >= 4 is 35.5 Å². The van der Waals surface area contributed by atoms with Gasteiger partial charge in [0.25, 0.3) is 0 Å². The maximum Gasteiger partial charge on any atom is 0.243 e. The molecule has 3 aromatic carbocycles. The number of hydrogen-bond donors (Lipinski definition) is 3. The summed E-state index contributed by atoms with van der Waals surface area (Å²) in [6.07, 6.45) is 3.82. The van der Waals surface area contributed by atoms with Gasteiger partial charge in [0.1, 0.15) is 5.84 Å². The highest BCUT2D eigenvalue weighted by Gasteiger charge is 2.15. The fraction of sp³-hybridized carbons (Fsp3) is 0.233. The van der Waals surface area contributed by atoms with Crippen LogP contribution in [0.5, 0.6) is 0 Å². The highest BCUT2D eigenvalue weighted by atomic mass is 35.5. The molecule has 38 heavy (non-hydrogen) atoms. The predicted octanol–water partition coefficient (Wildman–Crippen LogP) is 5.71. The van der Waals surface area contributed by atoms with Crippen molar-refractivity contribution in [2.45, 2.75) is 39.8 Å². The van der Waals surface area contributed by atoms with E-state index in [-0.39, 0.29) is 30.7 Å². The van der Waals surface area contributed by atoms with Crippen molar-refractivity contribution in [1.29, 1.82) is 5.41 Å². The minimum absolute atomic E-state index is 0. The molecule has 4 aromatic rings.